The molecule has 0 radical (unpaired) electrons. The van der Waals surface area contributed by atoms with Crippen molar-refractivity contribution >= 4 is 40.0 Å². The van der Waals surface area contributed by atoms with Crippen LogP contribution in [0.3, 0.4) is 0 Å². The van der Waals surface area contributed by atoms with E-state index in [0.717, 1.165) is 23.9 Å². The molecule has 3 rings (SSSR count). The fraction of sp³-hybridized carbons (Fsp3) is 0.0625. The van der Waals surface area contributed by atoms with Gasteiger partial charge in [0.1, 0.15) is 5.69 Å². The third kappa shape index (κ3) is 4.27. The molecule has 0 aliphatic carbocycles. The average Bonchev–Trinajstić information content (AvgIpc) is 3.25. The number of amides is 2. The molecule has 134 valence electrons. The highest BCUT2D eigenvalue weighted by Crippen LogP contribution is 2.26. The van der Waals surface area contributed by atoms with Crippen molar-refractivity contribution < 1.29 is 18.4 Å². The highest BCUT2D eigenvalue weighted by Gasteiger charge is 2.12. The summed E-state index contributed by atoms with van der Waals surface area (Å²) in [5, 5.41) is 4.75. The fourth-order valence-corrected chi connectivity index (χ4v) is 3.48. The molecule has 2 heterocycles. The second-order valence-electron chi connectivity index (χ2n) is 5.12. The zero-order valence-corrected chi connectivity index (χ0v) is 14.7. The van der Waals surface area contributed by atoms with Gasteiger partial charge in [0.05, 0.1) is 11.4 Å². The van der Waals surface area contributed by atoms with Crippen LogP contribution in [0.25, 0.3) is 11.3 Å². The minimum atomic E-state index is -0.957. The number of benzene rings is 1. The highest BCUT2D eigenvalue weighted by molar-refractivity contribution is 8.00. The molecule has 0 saturated carbocycles. The molecule has 0 atom stereocenters. The van der Waals surface area contributed by atoms with Crippen LogP contribution in [0.15, 0.2) is 40.7 Å². The summed E-state index contributed by atoms with van der Waals surface area (Å²) in [5.41, 5.74) is 6.71. The maximum absolute atomic E-state index is 13.1. The van der Waals surface area contributed by atoms with E-state index in [1.54, 1.807) is 17.6 Å². The second-order valence-corrected chi connectivity index (χ2v) is 7.02. The van der Waals surface area contributed by atoms with Crippen LogP contribution in [-0.4, -0.2) is 27.5 Å². The number of aromatic amines is 1. The van der Waals surface area contributed by atoms with Gasteiger partial charge in [-0.25, -0.2) is 13.8 Å². The van der Waals surface area contributed by atoms with Crippen molar-refractivity contribution in [2.24, 2.45) is 5.73 Å². The first-order valence-corrected chi connectivity index (χ1v) is 9.10. The van der Waals surface area contributed by atoms with E-state index in [1.165, 1.54) is 17.4 Å². The molecular formula is C16H12F2N4O2S2. The maximum atomic E-state index is 13.1. The van der Waals surface area contributed by atoms with Crippen LogP contribution in [0.2, 0.25) is 0 Å². The quantitative estimate of drug-likeness (QED) is 0.559. The molecule has 3 aromatic rings. The molecule has 2 amide bonds. The Balaban J connectivity index is 1.58. The van der Waals surface area contributed by atoms with Gasteiger partial charge in [0.15, 0.2) is 16.8 Å². The number of thiazole rings is 1. The lowest BCUT2D eigenvalue weighted by molar-refractivity contribution is -0.113. The molecule has 2 aromatic heterocycles. The maximum Gasteiger partial charge on any atom is 0.265 e. The molecule has 0 unspecified atom stereocenters. The number of halogens is 2. The number of nitrogens with two attached hydrogens (primary N) is 1. The van der Waals surface area contributed by atoms with Crippen LogP contribution in [0.5, 0.6) is 0 Å². The Morgan fingerprint density at radius 3 is 2.77 bits per heavy atom. The van der Waals surface area contributed by atoms with Crippen LogP contribution >= 0.6 is 23.1 Å². The van der Waals surface area contributed by atoms with E-state index in [9.17, 15) is 18.4 Å². The van der Waals surface area contributed by atoms with Gasteiger partial charge in [0, 0.05) is 22.0 Å². The smallest absolute Gasteiger partial charge is 0.265 e. The monoisotopic (exact) mass is 394 g/mol. The van der Waals surface area contributed by atoms with E-state index in [1.807, 2.05) is 0 Å². The number of carbonyl (C=O) groups excluding carboxylic acids is 2. The lowest BCUT2D eigenvalue weighted by Gasteiger charge is -2.02. The first-order chi connectivity index (χ1) is 12.4. The van der Waals surface area contributed by atoms with E-state index in [0.29, 0.717) is 21.3 Å². The van der Waals surface area contributed by atoms with Gasteiger partial charge in [-0.2, -0.15) is 0 Å². The van der Waals surface area contributed by atoms with E-state index in [2.05, 4.69) is 15.3 Å². The Labute approximate surface area is 154 Å². The van der Waals surface area contributed by atoms with Gasteiger partial charge in [0.2, 0.25) is 5.91 Å². The van der Waals surface area contributed by atoms with E-state index in [-0.39, 0.29) is 17.4 Å². The molecule has 0 fully saturated rings. The summed E-state index contributed by atoms with van der Waals surface area (Å²) in [5.74, 6) is -2.77. The Morgan fingerprint density at radius 1 is 1.27 bits per heavy atom. The summed E-state index contributed by atoms with van der Waals surface area (Å²) in [7, 11) is 0. The lowest BCUT2D eigenvalue weighted by atomic mass is 10.2. The number of rotatable bonds is 6. The topological polar surface area (TPSA) is 101 Å². The van der Waals surface area contributed by atoms with Crippen molar-refractivity contribution in [1.82, 2.24) is 9.97 Å². The third-order valence-electron chi connectivity index (χ3n) is 3.26. The van der Waals surface area contributed by atoms with Gasteiger partial charge in [-0.15, -0.1) is 23.1 Å². The minimum absolute atomic E-state index is 0.0238. The summed E-state index contributed by atoms with van der Waals surface area (Å²) in [6.07, 6.45) is 1.60. The summed E-state index contributed by atoms with van der Waals surface area (Å²) in [4.78, 5) is 30.5. The summed E-state index contributed by atoms with van der Waals surface area (Å²) >= 11 is 2.31. The Kier molecular flexibility index (Phi) is 5.33. The minimum Gasteiger partial charge on any atom is -0.364 e. The van der Waals surface area contributed by atoms with E-state index < -0.39 is 17.5 Å². The van der Waals surface area contributed by atoms with Crippen LogP contribution in [0, 0.1) is 11.6 Å². The number of aromatic nitrogens is 2. The zero-order chi connectivity index (χ0) is 18.7. The number of hydrogen-bond donors (Lipinski definition) is 3. The standard InChI is InChI=1S/C16H12F2N4O2S2/c17-10-2-1-9(4-11(10)18)25-7-14(23)22-16-21-13(6-26-16)8-3-12(15(19)24)20-5-8/h1-6,20H,7H2,(H2,19,24)(H,21,22,23). The van der Waals surface area contributed by atoms with Gasteiger partial charge in [-0.3, -0.25) is 9.59 Å². The molecule has 26 heavy (non-hydrogen) atoms. The van der Waals surface area contributed by atoms with Gasteiger partial charge >= 0.3 is 0 Å². The van der Waals surface area contributed by atoms with Crippen molar-refractivity contribution in [3.8, 4) is 11.3 Å². The summed E-state index contributed by atoms with van der Waals surface area (Å²) in [6.45, 7) is 0. The first kappa shape index (κ1) is 18.1. The Morgan fingerprint density at radius 2 is 2.08 bits per heavy atom. The molecule has 0 aliphatic heterocycles. The number of thioether (sulfide) groups is 1. The first-order valence-electron chi connectivity index (χ1n) is 7.24. The number of hydrogen-bond acceptors (Lipinski definition) is 5. The van der Waals surface area contributed by atoms with Crippen molar-refractivity contribution in [3.63, 3.8) is 0 Å². The summed E-state index contributed by atoms with van der Waals surface area (Å²) < 4.78 is 26.0. The fourth-order valence-electron chi connectivity index (χ4n) is 2.02. The van der Waals surface area contributed by atoms with Crippen LogP contribution in [0.4, 0.5) is 13.9 Å². The SMILES string of the molecule is NC(=O)c1cc(-c2csc(NC(=O)CSc3ccc(F)c(F)c3)n2)c[nH]1. The highest BCUT2D eigenvalue weighted by atomic mass is 32.2. The van der Waals surface area contributed by atoms with Crippen molar-refractivity contribution in [2.75, 3.05) is 11.1 Å². The van der Waals surface area contributed by atoms with Gasteiger partial charge in [-0.1, -0.05) is 0 Å². The Hall–Kier alpha value is -2.72. The van der Waals surface area contributed by atoms with Gasteiger partial charge < -0.3 is 16.0 Å². The average molecular weight is 394 g/mol. The number of H-pyrrole nitrogens is 1. The second kappa shape index (κ2) is 7.67. The van der Waals surface area contributed by atoms with Crippen molar-refractivity contribution in [3.05, 3.63) is 53.2 Å². The molecule has 4 N–H and O–H groups in total. The number of primary amides is 1. The number of nitrogens with zero attached hydrogens (tertiary/aromatic N) is 1. The van der Waals surface area contributed by atoms with E-state index >= 15 is 0 Å². The van der Waals surface area contributed by atoms with Gasteiger partial charge in [-0.05, 0) is 24.3 Å². The molecule has 0 aliphatic rings. The molecule has 6 nitrogen and oxygen atoms in total. The molecule has 0 bridgehead atoms. The molecule has 0 saturated heterocycles. The predicted octanol–water partition coefficient (Wildman–Crippen LogP) is 3.25. The van der Waals surface area contributed by atoms with E-state index in [4.69, 9.17) is 5.73 Å². The van der Waals surface area contributed by atoms with Crippen LogP contribution in [-0.2, 0) is 4.79 Å². The number of nitrogens with one attached hydrogen (secondary N) is 2. The molecule has 0 spiro atoms. The normalized spacial score (nSPS) is 10.7. The van der Waals surface area contributed by atoms with Crippen LogP contribution < -0.4 is 11.1 Å². The van der Waals surface area contributed by atoms with Crippen LogP contribution in [0.1, 0.15) is 10.5 Å². The molecular weight excluding hydrogens is 382 g/mol. The predicted molar refractivity (Wildman–Crippen MR) is 96.1 cm³/mol. The van der Waals surface area contributed by atoms with Crippen molar-refractivity contribution in [2.45, 2.75) is 4.90 Å². The summed E-state index contributed by atoms with van der Waals surface area (Å²) in [6, 6.07) is 5.03. The lowest BCUT2D eigenvalue weighted by Crippen LogP contribution is -2.13. The molecule has 10 heteroatoms. The molecule has 1 aromatic carbocycles. The van der Waals surface area contributed by atoms with Gasteiger partial charge in [0.25, 0.3) is 5.91 Å². The number of anilines is 1. The number of carbonyl (C=O) groups is 2. The zero-order valence-electron chi connectivity index (χ0n) is 13.1. The van der Waals surface area contributed by atoms with Crippen molar-refractivity contribution in [1.29, 1.82) is 0 Å². The largest absolute Gasteiger partial charge is 0.364 e. The Bertz CT molecular complexity index is 971. The third-order valence-corrected chi connectivity index (χ3v) is 5.01.